The maximum absolute atomic E-state index is 13.6. The Hall–Kier alpha value is -2.25. The first kappa shape index (κ1) is 14.2. The van der Waals surface area contributed by atoms with Gasteiger partial charge < -0.3 is 15.5 Å². The Morgan fingerprint density at radius 1 is 1.20 bits per heavy atom. The fourth-order valence-electron chi connectivity index (χ4n) is 1.70. The Morgan fingerprint density at radius 3 is 2.65 bits per heavy atom. The fourth-order valence-corrected chi connectivity index (χ4v) is 1.70. The smallest absolute Gasteiger partial charge is 0.178 e. The Bertz CT molecular complexity index is 607. The summed E-state index contributed by atoms with van der Waals surface area (Å²) < 4.78 is 31.9. The molecule has 0 bridgehead atoms. The Labute approximate surface area is 114 Å². The minimum atomic E-state index is -0.858. The molecule has 0 amide bonds. The van der Waals surface area contributed by atoms with Gasteiger partial charge in [0.05, 0.1) is 6.61 Å². The standard InChI is InChI=1S/C13H14F2N4O/c1-20-7-8-3-2-4-9(5-8)17-12-10(14)6-11(15)13(18-12)19-16/h2-6H,7,16H2,1H3,(H2,17,18,19). The molecule has 2 rings (SSSR count). The van der Waals surface area contributed by atoms with E-state index in [9.17, 15) is 8.78 Å². The number of nitrogen functional groups attached to an aromatic ring is 1. The van der Waals surface area contributed by atoms with Gasteiger partial charge in [0.2, 0.25) is 0 Å². The van der Waals surface area contributed by atoms with Crippen molar-refractivity contribution >= 4 is 17.3 Å². The second-order valence-corrected chi connectivity index (χ2v) is 4.05. The maximum atomic E-state index is 13.6. The van der Waals surface area contributed by atoms with Gasteiger partial charge in [0, 0.05) is 18.9 Å². The van der Waals surface area contributed by atoms with E-state index in [0.29, 0.717) is 18.4 Å². The average molecular weight is 280 g/mol. The van der Waals surface area contributed by atoms with E-state index >= 15 is 0 Å². The highest BCUT2D eigenvalue weighted by molar-refractivity contribution is 5.59. The summed E-state index contributed by atoms with van der Waals surface area (Å²) in [6, 6.07) is 7.89. The summed E-state index contributed by atoms with van der Waals surface area (Å²) in [6.45, 7) is 0.435. The molecule has 0 aliphatic rings. The van der Waals surface area contributed by atoms with Crippen molar-refractivity contribution in [1.82, 2.24) is 4.98 Å². The zero-order valence-corrected chi connectivity index (χ0v) is 10.8. The number of nitrogens with one attached hydrogen (secondary N) is 2. The highest BCUT2D eigenvalue weighted by atomic mass is 19.1. The van der Waals surface area contributed by atoms with Crippen LogP contribution in [0.5, 0.6) is 0 Å². The van der Waals surface area contributed by atoms with Crippen molar-refractivity contribution in [1.29, 1.82) is 0 Å². The quantitative estimate of drug-likeness (QED) is 0.580. The monoisotopic (exact) mass is 280 g/mol. The van der Waals surface area contributed by atoms with E-state index in [1.807, 2.05) is 6.07 Å². The van der Waals surface area contributed by atoms with Crippen LogP contribution in [0, 0.1) is 11.6 Å². The summed E-state index contributed by atoms with van der Waals surface area (Å²) in [5.41, 5.74) is 3.59. The van der Waals surface area contributed by atoms with Gasteiger partial charge in [0.15, 0.2) is 23.3 Å². The van der Waals surface area contributed by atoms with Gasteiger partial charge in [-0.1, -0.05) is 12.1 Å². The predicted octanol–water partition coefficient (Wildman–Crippen LogP) is 2.54. The number of pyridine rings is 1. The minimum Gasteiger partial charge on any atom is -0.380 e. The summed E-state index contributed by atoms with van der Waals surface area (Å²) in [7, 11) is 1.58. The van der Waals surface area contributed by atoms with E-state index in [4.69, 9.17) is 10.6 Å². The zero-order chi connectivity index (χ0) is 14.5. The topological polar surface area (TPSA) is 72.2 Å². The van der Waals surface area contributed by atoms with E-state index in [0.717, 1.165) is 5.56 Å². The average Bonchev–Trinajstić information content (AvgIpc) is 2.43. The van der Waals surface area contributed by atoms with Crippen LogP contribution in [0.3, 0.4) is 0 Å². The van der Waals surface area contributed by atoms with Crippen LogP contribution in [-0.4, -0.2) is 12.1 Å². The number of nitrogens with zero attached hydrogens (tertiary/aromatic N) is 1. The number of methoxy groups -OCH3 is 1. The summed E-state index contributed by atoms with van der Waals surface area (Å²) >= 11 is 0. The van der Waals surface area contributed by atoms with E-state index in [2.05, 4.69) is 15.7 Å². The third-order valence-electron chi connectivity index (χ3n) is 2.57. The van der Waals surface area contributed by atoms with Crippen LogP contribution < -0.4 is 16.6 Å². The lowest BCUT2D eigenvalue weighted by Gasteiger charge is -2.10. The summed E-state index contributed by atoms with van der Waals surface area (Å²) in [6.07, 6.45) is 0. The number of ether oxygens (including phenoxy) is 1. The molecule has 0 unspecified atom stereocenters. The number of benzene rings is 1. The van der Waals surface area contributed by atoms with Gasteiger partial charge >= 0.3 is 0 Å². The number of rotatable bonds is 5. The number of nitrogens with two attached hydrogens (primary N) is 1. The maximum Gasteiger partial charge on any atom is 0.178 e. The zero-order valence-electron chi connectivity index (χ0n) is 10.8. The second kappa shape index (κ2) is 6.27. The van der Waals surface area contributed by atoms with E-state index in [1.165, 1.54) is 0 Å². The molecular formula is C13H14F2N4O. The molecule has 2 aromatic rings. The summed E-state index contributed by atoms with van der Waals surface area (Å²) in [5, 5.41) is 2.77. The van der Waals surface area contributed by atoms with Gasteiger partial charge in [-0.25, -0.2) is 19.6 Å². The molecule has 5 nitrogen and oxygen atoms in total. The third kappa shape index (κ3) is 3.19. The van der Waals surface area contributed by atoms with Crippen molar-refractivity contribution in [2.24, 2.45) is 5.84 Å². The van der Waals surface area contributed by atoms with Crippen LogP contribution in [0.15, 0.2) is 30.3 Å². The fraction of sp³-hybridized carbons (Fsp3) is 0.154. The highest BCUT2D eigenvalue weighted by Gasteiger charge is 2.11. The molecule has 4 N–H and O–H groups in total. The van der Waals surface area contributed by atoms with Crippen LogP contribution in [0.25, 0.3) is 0 Å². The van der Waals surface area contributed by atoms with Crippen LogP contribution in [0.4, 0.5) is 26.1 Å². The molecule has 1 aromatic heterocycles. The largest absolute Gasteiger partial charge is 0.380 e. The van der Waals surface area contributed by atoms with E-state index in [-0.39, 0.29) is 11.6 Å². The van der Waals surface area contributed by atoms with Crippen LogP contribution >= 0.6 is 0 Å². The summed E-state index contributed by atoms with van der Waals surface area (Å²) in [5.74, 6) is 3.09. The van der Waals surface area contributed by atoms with Gasteiger partial charge in [-0.3, -0.25) is 0 Å². The molecule has 0 radical (unpaired) electrons. The number of hydrogen-bond acceptors (Lipinski definition) is 5. The molecule has 0 spiro atoms. The number of halogens is 2. The molecule has 0 fully saturated rings. The van der Waals surface area contributed by atoms with Gasteiger partial charge in [-0.2, -0.15) is 0 Å². The van der Waals surface area contributed by atoms with Crippen LogP contribution in [0.2, 0.25) is 0 Å². The van der Waals surface area contributed by atoms with Crippen molar-refractivity contribution in [3.05, 3.63) is 47.5 Å². The number of hydrazine groups is 1. The van der Waals surface area contributed by atoms with Crippen molar-refractivity contribution in [2.75, 3.05) is 17.9 Å². The van der Waals surface area contributed by atoms with Crippen LogP contribution in [0.1, 0.15) is 5.56 Å². The number of aromatic nitrogens is 1. The van der Waals surface area contributed by atoms with Crippen molar-refractivity contribution in [3.63, 3.8) is 0 Å². The second-order valence-electron chi connectivity index (χ2n) is 4.05. The van der Waals surface area contributed by atoms with Crippen molar-refractivity contribution in [2.45, 2.75) is 6.61 Å². The first-order valence-electron chi connectivity index (χ1n) is 5.81. The lowest BCUT2D eigenvalue weighted by atomic mass is 10.2. The number of hydrogen-bond donors (Lipinski definition) is 3. The molecular weight excluding hydrogens is 266 g/mol. The molecule has 0 saturated carbocycles. The summed E-state index contributed by atoms with van der Waals surface area (Å²) in [4.78, 5) is 3.73. The van der Waals surface area contributed by atoms with Gasteiger partial charge in [0.1, 0.15) is 0 Å². The lowest BCUT2D eigenvalue weighted by molar-refractivity contribution is 0.185. The Balaban J connectivity index is 2.27. The van der Waals surface area contributed by atoms with E-state index in [1.54, 1.807) is 25.3 Å². The molecule has 1 aromatic carbocycles. The predicted molar refractivity (Wildman–Crippen MR) is 72.4 cm³/mol. The third-order valence-corrected chi connectivity index (χ3v) is 2.57. The van der Waals surface area contributed by atoms with Crippen LogP contribution in [-0.2, 0) is 11.3 Å². The molecule has 106 valence electrons. The molecule has 0 saturated heterocycles. The Morgan fingerprint density at radius 2 is 1.95 bits per heavy atom. The van der Waals surface area contributed by atoms with Crippen molar-refractivity contribution < 1.29 is 13.5 Å². The Kier molecular flexibility index (Phi) is 4.44. The van der Waals surface area contributed by atoms with Crippen molar-refractivity contribution in [3.8, 4) is 0 Å². The first-order valence-corrected chi connectivity index (χ1v) is 5.81. The highest BCUT2D eigenvalue weighted by Crippen LogP contribution is 2.22. The van der Waals surface area contributed by atoms with Gasteiger partial charge in [0.25, 0.3) is 0 Å². The molecule has 1 heterocycles. The molecule has 0 aliphatic heterocycles. The molecule has 0 aliphatic carbocycles. The SMILES string of the molecule is COCc1cccc(Nc2nc(NN)c(F)cc2F)c1. The van der Waals surface area contributed by atoms with E-state index < -0.39 is 11.6 Å². The van der Waals surface area contributed by atoms with Gasteiger partial charge in [-0.15, -0.1) is 0 Å². The molecule has 20 heavy (non-hydrogen) atoms. The molecule has 7 heteroatoms. The number of anilines is 3. The minimum absolute atomic E-state index is 0.117. The van der Waals surface area contributed by atoms with Gasteiger partial charge in [-0.05, 0) is 17.7 Å². The first-order chi connectivity index (χ1) is 9.63. The molecule has 0 atom stereocenters. The lowest BCUT2D eigenvalue weighted by Crippen LogP contribution is -2.12. The normalized spacial score (nSPS) is 10.4.